The van der Waals surface area contributed by atoms with Crippen LogP contribution in [0.4, 0.5) is 15.8 Å². The number of amides is 2. The molecule has 1 aliphatic heterocycles. The number of aryl methyl sites for hydroxylation is 1. The van der Waals surface area contributed by atoms with Gasteiger partial charge in [0.15, 0.2) is 0 Å². The molecule has 1 saturated carbocycles. The molecule has 2 amide bonds. The van der Waals surface area contributed by atoms with E-state index in [0.717, 1.165) is 5.56 Å². The Morgan fingerprint density at radius 3 is 2.96 bits per heavy atom. The largest absolute Gasteiger partial charge is 0.326 e. The summed E-state index contributed by atoms with van der Waals surface area (Å²) in [6.07, 6.45) is 6.61. The monoisotopic (exact) mass is 342 g/mol. The number of fused-ring (bicyclic) bond motifs is 1. The lowest BCUT2D eigenvalue weighted by atomic mass is 9.99. The summed E-state index contributed by atoms with van der Waals surface area (Å²) >= 11 is 0. The van der Waals surface area contributed by atoms with Crippen LogP contribution in [0.5, 0.6) is 0 Å². The van der Waals surface area contributed by atoms with Gasteiger partial charge in [0.2, 0.25) is 5.91 Å². The predicted molar refractivity (Wildman–Crippen MR) is 91.0 cm³/mol. The molecule has 0 bridgehead atoms. The summed E-state index contributed by atoms with van der Waals surface area (Å²) in [6, 6.07) is 3.02. The molecule has 2 N–H and O–H groups in total. The minimum absolute atomic E-state index is 0.0297. The van der Waals surface area contributed by atoms with Gasteiger partial charge in [-0.25, -0.2) is 4.39 Å². The van der Waals surface area contributed by atoms with E-state index < -0.39 is 11.7 Å². The van der Waals surface area contributed by atoms with Gasteiger partial charge in [0.25, 0.3) is 5.91 Å². The number of benzene rings is 1. The van der Waals surface area contributed by atoms with Crippen LogP contribution in [0.25, 0.3) is 0 Å². The van der Waals surface area contributed by atoms with E-state index in [4.69, 9.17) is 0 Å². The fourth-order valence-electron chi connectivity index (χ4n) is 3.19. The van der Waals surface area contributed by atoms with Crippen LogP contribution in [0, 0.1) is 11.7 Å². The topological polar surface area (TPSA) is 76.0 Å². The molecular formula is C18H19FN4O2. The molecule has 1 aliphatic carbocycles. The van der Waals surface area contributed by atoms with E-state index in [2.05, 4.69) is 22.7 Å². The van der Waals surface area contributed by atoms with Crippen LogP contribution >= 0.6 is 0 Å². The quantitative estimate of drug-likeness (QED) is 0.896. The number of nitrogens with one attached hydrogen (secondary N) is 2. The molecule has 6 nitrogen and oxygen atoms in total. The Morgan fingerprint density at radius 1 is 1.40 bits per heavy atom. The normalized spacial score (nSPS) is 17.6. The number of carbonyl (C=O) groups is 2. The highest BCUT2D eigenvalue weighted by molar-refractivity contribution is 6.05. The van der Waals surface area contributed by atoms with Crippen molar-refractivity contribution in [1.29, 1.82) is 0 Å². The second kappa shape index (κ2) is 5.98. The Labute approximate surface area is 144 Å². The highest BCUT2D eigenvalue weighted by Crippen LogP contribution is 2.39. The van der Waals surface area contributed by atoms with Crippen molar-refractivity contribution in [1.82, 2.24) is 9.78 Å². The number of hydrogen-bond acceptors (Lipinski definition) is 3. The van der Waals surface area contributed by atoms with Crippen molar-refractivity contribution in [2.24, 2.45) is 5.92 Å². The number of carbonyl (C=O) groups excluding carboxylic acids is 2. The van der Waals surface area contributed by atoms with Gasteiger partial charge in [-0.1, -0.05) is 0 Å². The molecule has 130 valence electrons. The summed E-state index contributed by atoms with van der Waals surface area (Å²) in [4.78, 5) is 23.8. The van der Waals surface area contributed by atoms with Gasteiger partial charge in [-0.15, -0.1) is 0 Å². The minimum atomic E-state index is -0.655. The summed E-state index contributed by atoms with van der Waals surface area (Å²) in [5, 5.41) is 9.61. The van der Waals surface area contributed by atoms with Gasteiger partial charge in [0.1, 0.15) is 5.82 Å². The number of nitrogens with zero attached hydrogens (tertiary/aromatic N) is 2. The fraction of sp³-hybridized carbons (Fsp3) is 0.389. The average molecular weight is 342 g/mol. The van der Waals surface area contributed by atoms with Crippen LogP contribution in [-0.4, -0.2) is 21.6 Å². The number of rotatable bonds is 4. The van der Waals surface area contributed by atoms with E-state index in [-0.39, 0.29) is 11.5 Å². The molecule has 2 aliphatic rings. The van der Waals surface area contributed by atoms with Crippen LogP contribution in [0.1, 0.15) is 48.1 Å². The lowest BCUT2D eigenvalue weighted by molar-refractivity contribution is -0.116. The standard InChI is InChI=1S/C18H19FN4O2/c1-10(11-2-3-11)23-9-13(8-20-23)21-18(25)14-6-12-4-5-17(24)22-16(12)7-15(14)19/h6-11H,2-5H2,1H3,(H,21,25)(H,22,24)/t10-/m0/s1. The third kappa shape index (κ3) is 3.14. The molecule has 0 spiro atoms. The zero-order chi connectivity index (χ0) is 17.6. The first-order chi connectivity index (χ1) is 12.0. The van der Waals surface area contributed by atoms with Gasteiger partial charge in [-0.05, 0) is 49.8 Å². The first-order valence-electron chi connectivity index (χ1n) is 8.49. The number of anilines is 2. The van der Waals surface area contributed by atoms with Crippen molar-refractivity contribution in [2.45, 2.75) is 38.6 Å². The SMILES string of the molecule is C[C@@H](C1CC1)n1cc(NC(=O)c2cc3c(cc2F)NC(=O)CC3)cn1. The smallest absolute Gasteiger partial charge is 0.258 e. The zero-order valence-corrected chi connectivity index (χ0v) is 13.9. The molecule has 0 radical (unpaired) electrons. The van der Waals surface area contributed by atoms with Gasteiger partial charge in [0, 0.05) is 18.3 Å². The number of hydrogen-bond donors (Lipinski definition) is 2. The number of aromatic nitrogens is 2. The van der Waals surface area contributed by atoms with E-state index in [0.29, 0.717) is 36.2 Å². The number of halogens is 1. The third-order valence-electron chi connectivity index (χ3n) is 4.91. The average Bonchev–Trinajstić information content (AvgIpc) is 3.33. The van der Waals surface area contributed by atoms with Gasteiger partial charge in [-0.2, -0.15) is 5.10 Å². The van der Waals surface area contributed by atoms with Crippen molar-refractivity contribution in [2.75, 3.05) is 10.6 Å². The second-order valence-electron chi connectivity index (χ2n) is 6.78. The van der Waals surface area contributed by atoms with Gasteiger partial charge >= 0.3 is 0 Å². The van der Waals surface area contributed by atoms with Crippen molar-refractivity contribution >= 4 is 23.2 Å². The summed E-state index contributed by atoms with van der Waals surface area (Å²) in [6.45, 7) is 2.10. The summed E-state index contributed by atoms with van der Waals surface area (Å²) in [7, 11) is 0. The molecule has 0 unspecified atom stereocenters. The van der Waals surface area contributed by atoms with Crippen LogP contribution in [0.3, 0.4) is 0 Å². The molecule has 2 aromatic rings. The molecule has 2 heterocycles. The Hall–Kier alpha value is -2.70. The summed E-state index contributed by atoms with van der Waals surface area (Å²) in [5.74, 6) is -0.661. The van der Waals surface area contributed by atoms with E-state index in [1.54, 1.807) is 12.4 Å². The predicted octanol–water partition coefficient (Wildman–Crippen LogP) is 3.13. The van der Waals surface area contributed by atoms with Crippen LogP contribution in [-0.2, 0) is 11.2 Å². The van der Waals surface area contributed by atoms with Crippen molar-refractivity contribution in [3.8, 4) is 0 Å². The van der Waals surface area contributed by atoms with Gasteiger partial charge < -0.3 is 10.6 Å². The zero-order valence-electron chi connectivity index (χ0n) is 13.9. The molecule has 1 fully saturated rings. The summed E-state index contributed by atoms with van der Waals surface area (Å²) < 4.78 is 16.1. The van der Waals surface area contributed by atoms with E-state index >= 15 is 0 Å². The Kier molecular flexibility index (Phi) is 3.78. The van der Waals surface area contributed by atoms with Crippen molar-refractivity contribution in [3.05, 3.63) is 41.5 Å². The third-order valence-corrected chi connectivity index (χ3v) is 4.91. The molecule has 1 aromatic carbocycles. The maximum Gasteiger partial charge on any atom is 0.258 e. The fourth-order valence-corrected chi connectivity index (χ4v) is 3.19. The first-order valence-corrected chi connectivity index (χ1v) is 8.49. The highest BCUT2D eigenvalue weighted by Gasteiger charge is 2.29. The molecule has 1 atom stereocenters. The highest BCUT2D eigenvalue weighted by atomic mass is 19.1. The van der Waals surface area contributed by atoms with Crippen LogP contribution in [0.15, 0.2) is 24.5 Å². The Morgan fingerprint density at radius 2 is 2.20 bits per heavy atom. The molecule has 4 rings (SSSR count). The van der Waals surface area contributed by atoms with Gasteiger partial charge in [0.05, 0.1) is 23.5 Å². The van der Waals surface area contributed by atoms with E-state index in [9.17, 15) is 14.0 Å². The molecule has 25 heavy (non-hydrogen) atoms. The van der Waals surface area contributed by atoms with E-state index in [1.165, 1.54) is 25.0 Å². The first kappa shape index (κ1) is 15.8. The van der Waals surface area contributed by atoms with Crippen molar-refractivity contribution < 1.29 is 14.0 Å². The van der Waals surface area contributed by atoms with Gasteiger partial charge in [-0.3, -0.25) is 14.3 Å². The summed E-state index contributed by atoms with van der Waals surface area (Å²) in [5.41, 5.74) is 1.72. The minimum Gasteiger partial charge on any atom is -0.326 e. The maximum absolute atomic E-state index is 14.3. The van der Waals surface area contributed by atoms with Crippen LogP contribution in [0.2, 0.25) is 0 Å². The molecule has 0 saturated heterocycles. The Balaban J connectivity index is 1.52. The maximum atomic E-state index is 14.3. The molecular weight excluding hydrogens is 323 g/mol. The molecule has 1 aromatic heterocycles. The van der Waals surface area contributed by atoms with Crippen molar-refractivity contribution in [3.63, 3.8) is 0 Å². The second-order valence-corrected chi connectivity index (χ2v) is 6.78. The van der Waals surface area contributed by atoms with E-state index in [1.807, 2.05) is 4.68 Å². The van der Waals surface area contributed by atoms with Crippen LogP contribution < -0.4 is 10.6 Å². The lowest BCUT2D eigenvalue weighted by Gasteiger charge is -2.18. The Bertz CT molecular complexity index is 857. The lowest BCUT2D eigenvalue weighted by Crippen LogP contribution is -2.21. The molecule has 7 heteroatoms.